The van der Waals surface area contributed by atoms with Crippen molar-refractivity contribution < 1.29 is 5.11 Å². The summed E-state index contributed by atoms with van der Waals surface area (Å²) in [7, 11) is 0. The smallest absolute Gasteiger partial charge is 0.174 e. The van der Waals surface area contributed by atoms with Crippen molar-refractivity contribution in [1.82, 2.24) is 9.97 Å². The predicted octanol–water partition coefficient (Wildman–Crippen LogP) is 5.00. The molecule has 0 aliphatic carbocycles. The Morgan fingerprint density at radius 2 is 1.21 bits per heavy atom. The second-order valence-corrected chi connectivity index (χ2v) is 6.76. The number of benzene rings is 1. The Balaban J connectivity index is 2.12. The minimum Gasteiger partial charge on any atom is -0.373 e. The second kappa shape index (κ2) is 9.25. The lowest BCUT2D eigenvalue weighted by atomic mass is 9.86. The van der Waals surface area contributed by atoms with E-state index in [9.17, 15) is 5.11 Å². The first-order chi connectivity index (χ1) is 13.7. The summed E-state index contributed by atoms with van der Waals surface area (Å²) < 4.78 is 0. The highest BCUT2D eigenvalue weighted by atomic mass is 16.3. The van der Waals surface area contributed by atoms with Crippen LogP contribution in [0.3, 0.4) is 0 Å². The van der Waals surface area contributed by atoms with Crippen molar-refractivity contribution in [2.24, 2.45) is 0 Å². The van der Waals surface area contributed by atoms with Crippen molar-refractivity contribution in [1.29, 1.82) is 0 Å². The van der Waals surface area contributed by atoms with Crippen molar-refractivity contribution in [3.8, 4) is 0 Å². The molecule has 3 heteroatoms. The predicted molar refractivity (Wildman–Crippen MR) is 114 cm³/mol. The summed E-state index contributed by atoms with van der Waals surface area (Å²) in [5.41, 5.74) is 2.33. The molecule has 0 saturated heterocycles. The quantitative estimate of drug-likeness (QED) is 0.539. The van der Waals surface area contributed by atoms with Crippen LogP contribution >= 0.6 is 0 Å². The fourth-order valence-corrected chi connectivity index (χ4v) is 3.25. The number of allylic oxidation sites excluding steroid dienone is 2. The molecule has 0 radical (unpaired) electrons. The van der Waals surface area contributed by atoms with E-state index < -0.39 is 5.60 Å². The zero-order valence-electron chi connectivity index (χ0n) is 16.1. The van der Waals surface area contributed by atoms with Crippen molar-refractivity contribution >= 4 is 0 Å². The average molecular weight is 370 g/mol. The Labute approximate surface area is 167 Å². The Morgan fingerprint density at radius 1 is 0.714 bits per heavy atom. The molecule has 2 aromatic heterocycles. The molecule has 0 amide bonds. The average Bonchev–Trinajstić information content (AvgIpc) is 2.76. The molecule has 0 fully saturated rings. The van der Waals surface area contributed by atoms with E-state index in [1.165, 1.54) is 0 Å². The van der Waals surface area contributed by atoms with Gasteiger partial charge in [-0.15, -0.1) is 13.2 Å². The summed E-state index contributed by atoms with van der Waals surface area (Å²) >= 11 is 0. The van der Waals surface area contributed by atoms with Crippen LogP contribution in [-0.2, 0) is 18.4 Å². The molecule has 3 rings (SSSR count). The summed E-state index contributed by atoms with van der Waals surface area (Å²) in [5, 5.41) is 12.0. The largest absolute Gasteiger partial charge is 0.373 e. The normalized spacial score (nSPS) is 11.2. The van der Waals surface area contributed by atoms with Crippen molar-refractivity contribution in [3.05, 3.63) is 120 Å². The van der Waals surface area contributed by atoms with Gasteiger partial charge in [0.05, 0.1) is 11.4 Å². The SMILES string of the molecule is C=CCCc1cccc(C(O)(c2ccccc2)c2cccc(CCC=C)n2)n1. The van der Waals surface area contributed by atoms with Crippen LogP contribution in [-0.4, -0.2) is 15.1 Å². The molecule has 0 atom stereocenters. The van der Waals surface area contributed by atoms with Gasteiger partial charge in [-0.3, -0.25) is 9.97 Å². The summed E-state index contributed by atoms with van der Waals surface area (Å²) in [6, 6.07) is 21.2. The van der Waals surface area contributed by atoms with Gasteiger partial charge in [0.2, 0.25) is 0 Å². The first kappa shape index (κ1) is 19.7. The standard InChI is InChI=1S/C25H26N2O/c1-3-5-14-21-16-10-18-23(26-21)25(28,20-12-8-7-9-13-20)24-19-11-17-22(27-24)15-6-4-2/h3-4,7-13,16-19,28H,1-2,5-6,14-15H2. The molecule has 0 aliphatic heterocycles. The van der Waals surface area contributed by atoms with Crippen LogP contribution in [0.2, 0.25) is 0 Å². The van der Waals surface area contributed by atoms with Crippen LogP contribution in [0.4, 0.5) is 0 Å². The van der Waals surface area contributed by atoms with Crippen molar-refractivity contribution in [2.75, 3.05) is 0 Å². The zero-order valence-corrected chi connectivity index (χ0v) is 16.1. The number of aromatic nitrogens is 2. The number of aryl methyl sites for hydroxylation is 2. The monoisotopic (exact) mass is 370 g/mol. The third kappa shape index (κ3) is 4.26. The molecule has 2 heterocycles. The van der Waals surface area contributed by atoms with Gasteiger partial charge in [-0.2, -0.15) is 0 Å². The number of aliphatic hydroxyl groups is 1. The van der Waals surface area contributed by atoms with Gasteiger partial charge >= 0.3 is 0 Å². The third-order valence-corrected chi connectivity index (χ3v) is 4.76. The first-order valence-electron chi connectivity index (χ1n) is 9.61. The summed E-state index contributed by atoms with van der Waals surface area (Å²) in [4.78, 5) is 9.55. The van der Waals surface area contributed by atoms with Crippen LogP contribution < -0.4 is 0 Å². The molecule has 142 valence electrons. The maximum Gasteiger partial charge on any atom is 0.174 e. The van der Waals surface area contributed by atoms with E-state index >= 15 is 0 Å². The van der Waals surface area contributed by atoms with Crippen LogP contribution in [0.15, 0.2) is 92.0 Å². The molecule has 3 nitrogen and oxygen atoms in total. The number of hydrogen-bond donors (Lipinski definition) is 1. The lowest BCUT2D eigenvalue weighted by Crippen LogP contribution is -2.31. The molecule has 0 aliphatic rings. The van der Waals surface area contributed by atoms with Crippen LogP contribution in [0.25, 0.3) is 0 Å². The van der Waals surface area contributed by atoms with E-state index in [2.05, 4.69) is 13.2 Å². The Kier molecular flexibility index (Phi) is 6.51. The van der Waals surface area contributed by atoms with Gasteiger partial charge in [-0.25, -0.2) is 0 Å². The number of rotatable bonds is 9. The van der Waals surface area contributed by atoms with Gasteiger partial charge in [0.15, 0.2) is 5.60 Å². The topological polar surface area (TPSA) is 46.0 Å². The molecule has 0 unspecified atom stereocenters. The lowest BCUT2D eigenvalue weighted by molar-refractivity contribution is 0.115. The highest BCUT2D eigenvalue weighted by molar-refractivity contribution is 5.42. The summed E-state index contributed by atoms with van der Waals surface area (Å²) in [6.07, 6.45) is 7.01. The molecule has 0 spiro atoms. The van der Waals surface area contributed by atoms with E-state index in [-0.39, 0.29) is 0 Å². The number of nitrogens with zero attached hydrogens (tertiary/aromatic N) is 2. The minimum atomic E-state index is -1.42. The highest BCUT2D eigenvalue weighted by Crippen LogP contribution is 2.34. The highest BCUT2D eigenvalue weighted by Gasteiger charge is 2.37. The third-order valence-electron chi connectivity index (χ3n) is 4.76. The zero-order chi connectivity index (χ0) is 19.8. The molecular weight excluding hydrogens is 344 g/mol. The van der Waals surface area contributed by atoms with E-state index in [0.717, 1.165) is 42.6 Å². The van der Waals surface area contributed by atoms with E-state index in [1.807, 2.05) is 78.9 Å². The second-order valence-electron chi connectivity index (χ2n) is 6.76. The van der Waals surface area contributed by atoms with Crippen molar-refractivity contribution in [3.63, 3.8) is 0 Å². The molecule has 0 bridgehead atoms. The number of pyridine rings is 2. The molecular formula is C25H26N2O. The Hall–Kier alpha value is -3.04. The Morgan fingerprint density at radius 3 is 1.68 bits per heavy atom. The number of hydrogen-bond acceptors (Lipinski definition) is 3. The molecule has 3 aromatic rings. The van der Waals surface area contributed by atoms with Gasteiger partial charge in [0, 0.05) is 11.4 Å². The van der Waals surface area contributed by atoms with Gasteiger partial charge in [-0.05, 0) is 55.5 Å². The fraction of sp³-hybridized carbons (Fsp3) is 0.200. The maximum absolute atomic E-state index is 12.0. The van der Waals surface area contributed by atoms with Crippen LogP contribution in [0.5, 0.6) is 0 Å². The maximum atomic E-state index is 12.0. The molecule has 0 saturated carbocycles. The summed E-state index contributed by atoms with van der Waals surface area (Å²) in [5.74, 6) is 0. The van der Waals surface area contributed by atoms with E-state index in [1.54, 1.807) is 0 Å². The molecule has 28 heavy (non-hydrogen) atoms. The summed E-state index contributed by atoms with van der Waals surface area (Å²) in [6.45, 7) is 7.56. The Bertz CT molecular complexity index is 879. The molecule has 1 aromatic carbocycles. The van der Waals surface area contributed by atoms with Gasteiger partial charge in [0.1, 0.15) is 0 Å². The van der Waals surface area contributed by atoms with Gasteiger partial charge in [0.25, 0.3) is 0 Å². The lowest BCUT2D eigenvalue weighted by Gasteiger charge is -2.28. The van der Waals surface area contributed by atoms with Gasteiger partial charge in [-0.1, -0.05) is 54.6 Å². The van der Waals surface area contributed by atoms with E-state index in [0.29, 0.717) is 11.4 Å². The van der Waals surface area contributed by atoms with Crippen LogP contribution in [0.1, 0.15) is 41.2 Å². The van der Waals surface area contributed by atoms with Crippen molar-refractivity contribution in [2.45, 2.75) is 31.3 Å². The van der Waals surface area contributed by atoms with Gasteiger partial charge < -0.3 is 5.11 Å². The first-order valence-corrected chi connectivity index (χ1v) is 9.61. The minimum absolute atomic E-state index is 0.577. The van der Waals surface area contributed by atoms with Crippen LogP contribution in [0, 0.1) is 0 Å². The fourth-order valence-electron chi connectivity index (χ4n) is 3.25. The van der Waals surface area contributed by atoms with E-state index in [4.69, 9.17) is 9.97 Å². The molecule has 1 N–H and O–H groups in total.